The van der Waals surface area contributed by atoms with Crippen LogP contribution < -0.4 is 5.56 Å². The molecule has 3 heterocycles. The second-order valence-corrected chi connectivity index (χ2v) is 7.83. The summed E-state index contributed by atoms with van der Waals surface area (Å²) in [5, 5.41) is 13.1. The van der Waals surface area contributed by atoms with E-state index in [1.165, 1.54) is 0 Å². The number of methoxy groups -OCH3 is 1. The van der Waals surface area contributed by atoms with Gasteiger partial charge >= 0.3 is 0 Å². The molecule has 1 aromatic carbocycles. The average Bonchev–Trinajstić information content (AvgIpc) is 3.39. The van der Waals surface area contributed by atoms with Crippen LogP contribution in [0.15, 0.2) is 29.1 Å². The van der Waals surface area contributed by atoms with Gasteiger partial charge in [-0.2, -0.15) is 0 Å². The van der Waals surface area contributed by atoms with Crippen LogP contribution >= 0.6 is 0 Å². The number of ether oxygens (including phenoxy) is 2. The normalized spacial score (nSPS) is 16.7. The predicted molar refractivity (Wildman–Crippen MR) is 112 cm³/mol. The number of rotatable bonds is 9. The van der Waals surface area contributed by atoms with Crippen LogP contribution in [-0.4, -0.2) is 63.1 Å². The maximum absolute atomic E-state index is 12.7. The molecule has 0 unspecified atom stereocenters. The van der Waals surface area contributed by atoms with Gasteiger partial charge in [-0.1, -0.05) is 11.6 Å². The third-order valence-electron chi connectivity index (χ3n) is 5.43. The monoisotopic (exact) mass is 412 g/mol. The number of aryl methyl sites for hydroxylation is 1. The van der Waals surface area contributed by atoms with Gasteiger partial charge in [-0.05, 0) is 53.8 Å². The van der Waals surface area contributed by atoms with Crippen LogP contribution in [0.1, 0.15) is 29.8 Å². The lowest BCUT2D eigenvalue weighted by atomic mass is 10.1. The first-order chi connectivity index (χ1) is 14.6. The minimum absolute atomic E-state index is 0.0670. The number of hydrogen-bond acceptors (Lipinski definition) is 7. The van der Waals surface area contributed by atoms with E-state index in [0.29, 0.717) is 26.2 Å². The molecule has 3 aromatic rings. The summed E-state index contributed by atoms with van der Waals surface area (Å²) in [5.41, 5.74) is 2.67. The highest BCUT2D eigenvalue weighted by Gasteiger charge is 2.22. The van der Waals surface area contributed by atoms with E-state index < -0.39 is 0 Å². The Bertz CT molecular complexity index is 1040. The number of fused-ring (bicyclic) bond motifs is 1. The van der Waals surface area contributed by atoms with Crippen LogP contribution in [0.25, 0.3) is 10.9 Å². The summed E-state index contributed by atoms with van der Waals surface area (Å²) in [6.45, 7) is 5.71. The molecule has 9 nitrogen and oxygen atoms in total. The van der Waals surface area contributed by atoms with Crippen LogP contribution in [0.2, 0.25) is 0 Å². The minimum atomic E-state index is -0.0670. The van der Waals surface area contributed by atoms with Crippen molar-refractivity contribution < 1.29 is 9.47 Å². The van der Waals surface area contributed by atoms with E-state index in [0.717, 1.165) is 53.8 Å². The van der Waals surface area contributed by atoms with E-state index in [9.17, 15) is 4.79 Å². The highest BCUT2D eigenvalue weighted by molar-refractivity contribution is 5.79. The first kappa shape index (κ1) is 20.6. The summed E-state index contributed by atoms with van der Waals surface area (Å²) in [6, 6.07) is 8.02. The third kappa shape index (κ3) is 4.92. The summed E-state index contributed by atoms with van der Waals surface area (Å²) < 4.78 is 12.7. The van der Waals surface area contributed by atoms with Crippen molar-refractivity contribution in [2.75, 3.05) is 26.9 Å². The van der Waals surface area contributed by atoms with Crippen LogP contribution in [0.4, 0.5) is 0 Å². The van der Waals surface area contributed by atoms with Crippen LogP contribution in [0.5, 0.6) is 0 Å². The van der Waals surface area contributed by atoms with Crippen molar-refractivity contribution >= 4 is 10.9 Å². The molecule has 0 saturated carbocycles. The number of H-pyrrole nitrogens is 1. The van der Waals surface area contributed by atoms with E-state index in [4.69, 9.17) is 9.47 Å². The fourth-order valence-corrected chi connectivity index (χ4v) is 3.88. The molecule has 4 rings (SSSR count). The zero-order chi connectivity index (χ0) is 20.9. The van der Waals surface area contributed by atoms with Gasteiger partial charge in [0.1, 0.15) is 0 Å². The first-order valence-corrected chi connectivity index (χ1v) is 10.3. The third-order valence-corrected chi connectivity index (χ3v) is 5.43. The molecule has 0 spiro atoms. The second kappa shape index (κ2) is 9.46. The maximum atomic E-state index is 12.7. The first-order valence-electron chi connectivity index (χ1n) is 10.3. The number of nitrogens with one attached hydrogen (secondary N) is 1. The summed E-state index contributed by atoms with van der Waals surface area (Å²) in [7, 11) is 1.65. The Labute approximate surface area is 175 Å². The van der Waals surface area contributed by atoms with Gasteiger partial charge in [0.15, 0.2) is 5.82 Å². The number of nitrogens with zero attached hydrogens (tertiary/aromatic N) is 5. The van der Waals surface area contributed by atoms with E-state index in [1.807, 2.05) is 25.1 Å². The lowest BCUT2D eigenvalue weighted by Crippen LogP contribution is -2.34. The topological polar surface area (TPSA) is 98.2 Å². The number of hydrogen-bond donors (Lipinski definition) is 1. The number of tetrazole rings is 1. The quantitative estimate of drug-likeness (QED) is 0.571. The smallest absolute Gasteiger partial charge is 0.252 e. The Morgan fingerprint density at radius 3 is 3.03 bits per heavy atom. The number of aromatic amines is 1. The van der Waals surface area contributed by atoms with Crippen molar-refractivity contribution in [1.29, 1.82) is 0 Å². The van der Waals surface area contributed by atoms with Gasteiger partial charge in [0.05, 0.1) is 25.8 Å². The molecule has 9 heteroatoms. The molecule has 1 saturated heterocycles. The van der Waals surface area contributed by atoms with E-state index in [-0.39, 0.29) is 11.7 Å². The van der Waals surface area contributed by atoms with Crippen LogP contribution in [0, 0.1) is 6.92 Å². The molecule has 1 atom stereocenters. The molecule has 1 aliphatic rings. The molecule has 0 bridgehead atoms. The second-order valence-electron chi connectivity index (χ2n) is 7.83. The summed E-state index contributed by atoms with van der Waals surface area (Å²) in [4.78, 5) is 17.9. The number of pyridine rings is 1. The van der Waals surface area contributed by atoms with Gasteiger partial charge < -0.3 is 14.5 Å². The molecule has 160 valence electrons. The number of aromatic nitrogens is 5. The highest BCUT2D eigenvalue weighted by Crippen LogP contribution is 2.18. The van der Waals surface area contributed by atoms with Gasteiger partial charge in [0, 0.05) is 37.9 Å². The number of benzene rings is 1. The fraction of sp³-hybridized carbons (Fsp3) is 0.524. The van der Waals surface area contributed by atoms with Gasteiger partial charge in [-0.25, -0.2) is 4.68 Å². The Kier molecular flexibility index (Phi) is 6.51. The van der Waals surface area contributed by atoms with Gasteiger partial charge in [0.2, 0.25) is 0 Å². The van der Waals surface area contributed by atoms with Gasteiger partial charge in [-0.3, -0.25) is 9.69 Å². The Morgan fingerprint density at radius 1 is 1.33 bits per heavy atom. The lowest BCUT2D eigenvalue weighted by Gasteiger charge is -2.24. The van der Waals surface area contributed by atoms with Crippen LogP contribution in [0.3, 0.4) is 0 Å². The largest absolute Gasteiger partial charge is 0.383 e. The zero-order valence-electron chi connectivity index (χ0n) is 17.5. The van der Waals surface area contributed by atoms with Crippen molar-refractivity contribution in [2.24, 2.45) is 0 Å². The predicted octanol–water partition coefficient (Wildman–Crippen LogP) is 1.65. The molecule has 2 aromatic heterocycles. The Hall–Kier alpha value is -2.62. The molecule has 1 fully saturated rings. The van der Waals surface area contributed by atoms with Crippen molar-refractivity contribution in [3.8, 4) is 0 Å². The molecule has 30 heavy (non-hydrogen) atoms. The SMILES string of the molecule is COCCn1nnnc1CN(Cc1cc2cc(C)ccc2[nH]c1=O)C[C@@H]1CCCO1. The van der Waals surface area contributed by atoms with Crippen molar-refractivity contribution in [3.63, 3.8) is 0 Å². The van der Waals surface area contributed by atoms with E-state index in [2.05, 4.69) is 31.5 Å². The summed E-state index contributed by atoms with van der Waals surface area (Å²) >= 11 is 0. The minimum Gasteiger partial charge on any atom is -0.383 e. The molecule has 0 radical (unpaired) electrons. The van der Waals surface area contributed by atoms with Crippen molar-refractivity contribution in [1.82, 2.24) is 30.1 Å². The molecule has 1 N–H and O–H groups in total. The van der Waals surface area contributed by atoms with E-state index in [1.54, 1.807) is 11.8 Å². The van der Waals surface area contributed by atoms with Crippen LogP contribution in [-0.2, 0) is 29.1 Å². The fourth-order valence-electron chi connectivity index (χ4n) is 3.88. The highest BCUT2D eigenvalue weighted by atomic mass is 16.5. The summed E-state index contributed by atoms with van der Waals surface area (Å²) in [5.74, 6) is 0.748. The molecule has 1 aliphatic heterocycles. The Morgan fingerprint density at radius 2 is 2.23 bits per heavy atom. The Balaban J connectivity index is 1.58. The maximum Gasteiger partial charge on any atom is 0.252 e. The average molecular weight is 412 g/mol. The molecule has 0 aliphatic carbocycles. The van der Waals surface area contributed by atoms with E-state index >= 15 is 0 Å². The van der Waals surface area contributed by atoms with Gasteiger partial charge in [0.25, 0.3) is 5.56 Å². The zero-order valence-corrected chi connectivity index (χ0v) is 17.5. The lowest BCUT2D eigenvalue weighted by molar-refractivity contribution is 0.0660. The van der Waals surface area contributed by atoms with Gasteiger partial charge in [-0.15, -0.1) is 5.10 Å². The van der Waals surface area contributed by atoms with Crippen molar-refractivity contribution in [3.05, 3.63) is 51.6 Å². The van der Waals surface area contributed by atoms with Crippen molar-refractivity contribution in [2.45, 2.75) is 45.5 Å². The summed E-state index contributed by atoms with van der Waals surface area (Å²) in [6.07, 6.45) is 2.26. The molecule has 0 amide bonds. The standard InChI is InChI=1S/C21H28N6O3/c1-15-5-6-19-16(10-15)11-17(21(28)22-19)12-26(13-18-4-3-8-30-18)14-20-23-24-25-27(20)7-9-29-2/h5-6,10-11,18H,3-4,7-9,12-14H2,1-2H3,(H,22,28)/t18-/m0/s1. The molecular weight excluding hydrogens is 384 g/mol. The molecular formula is C21H28N6O3.